The standard InChI is InChI=1S/C18H18N2O2S/c1-13-17(14-7-4-3-5-8-14)20(18(22)19(13)2)16(21)11-10-15-9-6-12-23-15/h3-13,17H,1-2H3/b11-10+/t13-,17-/m1/s1. The van der Waals surface area contributed by atoms with Crippen LogP contribution in [0.15, 0.2) is 53.9 Å². The van der Waals surface area contributed by atoms with Gasteiger partial charge in [0.05, 0.1) is 12.1 Å². The van der Waals surface area contributed by atoms with Gasteiger partial charge in [-0.2, -0.15) is 0 Å². The third kappa shape index (κ3) is 2.92. The molecule has 2 aromatic rings. The first-order chi connectivity index (χ1) is 11.1. The van der Waals surface area contributed by atoms with Gasteiger partial charge in [-0.25, -0.2) is 4.79 Å². The summed E-state index contributed by atoms with van der Waals surface area (Å²) in [6.45, 7) is 1.96. The second-order valence-electron chi connectivity index (χ2n) is 5.55. The van der Waals surface area contributed by atoms with Gasteiger partial charge in [0.25, 0.3) is 5.91 Å². The Balaban J connectivity index is 1.91. The number of likely N-dealkylation sites (N-methyl/N-ethyl adjacent to an activating group) is 1. The van der Waals surface area contributed by atoms with Crippen molar-refractivity contribution in [1.82, 2.24) is 9.80 Å². The molecule has 3 amide bonds. The Labute approximate surface area is 139 Å². The highest BCUT2D eigenvalue weighted by Gasteiger charge is 2.44. The van der Waals surface area contributed by atoms with E-state index in [4.69, 9.17) is 0 Å². The molecule has 0 bridgehead atoms. The molecular weight excluding hydrogens is 308 g/mol. The van der Waals surface area contributed by atoms with Gasteiger partial charge < -0.3 is 4.90 Å². The molecule has 0 unspecified atom stereocenters. The monoisotopic (exact) mass is 326 g/mol. The summed E-state index contributed by atoms with van der Waals surface area (Å²) < 4.78 is 0. The molecule has 1 aliphatic rings. The lowest BCUT2D eigenvalue weighted by Crippen LogP contribution is -2.35. The van der Waals surface area contributed by atoms with Gasteiger partial charge in [-0.15, -0.1) is 11.3 Å². The molecule has 1 aliphatic heterocycles. The number of thiophene rings is 1. The van der Waals surface area contributed by atoms with Gasteiger partial charge in [0, 0.05) is 18.0 Å². The third-order valence-electron chi connectivity index (χ3n) is 4.17. The molecule has 4 nitrogen and oxygen atoms in total. The maximum Gasteiger partial charge on any atom is 0.327 e. The Bertz CT molecular complexity index is 725. The van der Waals surface area contributed by atoms with E-state index >= 15 is 0 Å². The van der Waals surface area contributed by atoms with E-state index in [9.17, 15) is 9.59 Å². The van der Waals surface area contributed by atoms with Gasteiger partial charge in [-0.05, 0) is 30.0 Å². The van der Waals surface area contributed by atoms with Gasteiger partial charge in [0.1, 0.15) is 0 Å². The highest BCUT2D eigenvalue weighted by atomic mass is 32.1. The third-order valence-corrected chi connectivity index (χ3v) is 5.00. The quantitative estimate of drug-likeness (QED) is 0.805. The summed E-state index contributed by atoms with van der Waals surface area (Å²) in [5, 5.41) is 1.95. The average Bonchev–Trinajstić information content (AvgIpc) is 3.16. The SMILES string of the molecule is C[C@@H]1[C@H](c2ccccc2)N(C(=O)/C=C/c2cccs2)C(=O)N1C. The Morgan fingerprint density at radius 2 is 1.91 bits per heavy atom. The zero-order valence-electron chi connectivity index (χ0n) is 13.0. The van der Waals surface area contributed by atoms with Crippen LogP contribution in [0.3, 0.4) is 0 Å². The Morgan fingerprint density at radius 1 is 1.17 bits per heavy atom. The predicted molar refractivity (Wildman–Crippen MR) is 92.0 cm³/mol. The van der Waals surface area contributed by atoms with Crippen LogP contribution in [0.1, 0.15) is 23.4 Å². The molecule has 118 valence electrons. The fourth-order valence-electron chi connectivity index (χ4n) is 2.82. The number of hydrogen-bond acceptors (Lipinski definition) is 3. The van der Waals surface area contributed by atoms with Crippen LogP contribution in [0, 0.1) is 0 Å². The molecule has 0 spiro atoms. The normalized spacial score (nSPS) is 21.4. The maximum absolute atomic E-state index is 12.6. The van der Waals surface area contributed by atoms with Gasteiger partial charge >= 0.3 is 6.03 Å². The molecular formula is C18H18N2O2S. The Kier molecular flexibility index (Phi) is 4.30. The van der Waals surface area contributed by atoms with Crippen LogP contribution in [0.25, 0.3) is 6.08 Å². The molecule has 0 saturated carbocycles. The minimum absolute atomic E-state index is 0.0658. The summed E-state index contributed by atoms with van der Waals surface area (Å²) in [6, 6.07) is 13.0. The van der Waals surface area contributed by atoms with E-state index in [2.05, 4.69) is 0 Å². The number of carbonyl (C=O) groups is 2. The fourth-order valence-corrected chi connectivity index (χ4v) is 3.44. The highest BCUT2D eigenvalue weighted by Crippen LogP contribution is 2.34. The van der Waals surface area contributed by atoms with Crippen LogP contribution >= 0.6 is 11.3 Å². The second kappa shape index (κ2) is 6.38. The summed E-state index contributed by atoms with van der Waals surface area (Å²) in [5.41, 5.74) is 0.968. The lowest BCUT2D eigenvalue weighted by atomic mass is 10.0. The van der Waals surface area contributed by atoms with Gasteiger partial charge in [0.15, 0.2) is 0 Å². The van der Waals surface area contributed by atoms with Crippen molar-refractivity contribution >= 4 is 29.4 Å². The topological polar surface area (TPSA) is 40.6 Å². The average molecular weight is 326 g/mol. The number of imide groups is 1. The van der Waals surface area contributed by atoms with Crippen LogP contribution in [-0.2, 0) is 4.79 Å². The highest BCUT2D eigenvalue weighted by molar-refractivity contribution is 7.10. The zero-order valence-corrected chi connectivity index (χ0v) is 13.9. The van der Waals surface area contributed by atoms with Crippen molar-refractivity contribution in [2.75, 3.05) is 7.05 Å². The summed E-state index contributed by atoms with van der Waals surface area (Å²) in [6.07, 6.45) is 3.23. The lowest BCUT2D eigenvalue weighted by molar-refractivity contribution is -0.124. The van der Waals surface area contributed by atoms with E-state index in [1.807, 2.05) is 54.8 Å². The molecule has 1 aromatic heterocycles. The lowest BCUT2D eigenvalue weighted by Gasteiger charge is -2.23. The first-order valence-electron chi connectivity index (χ1n) is 7.46. The summed E-state index contributed by atoms with van der Waals surface area (Å²) in [7, 11) is 1.74. The second-order valence-corrected chi connectivity index (χ2v) is 6.53. The first kappa shape index (κ1) is 15.5. The zero-order chi connectivity index (χ0) is 16.4. The van der Waals surface area contributed by atoms with Crippen molar-refractivity contribution in [2.45, 2.75) is 19.0 Å². The summed E-state index contributed by atoms with van der Waals surface area (Å²) in [5.74, 6) is -0.284. The Morgan fingerprint density at radius 3 is 2.57 bits per heavy atom. The van der Waals surface area contributed by atoms with Crippen LogP contribution in [0.5, 0.6) is 0 Å². The molecule has 1 fully saturated rings. The molecule has 0 N–H and O–H groups in total. The minimum atomic E-state index is -0.284. The summed E-state index contributed by atoms with van der Waals surface area (Å²) >= 11 is 1.55. The number of nitrogens with zero attached hydrogens (tertiary/aromatic N) is 2. The molecule has 3 rings (SSSR count). The van der Waals surface area contributed by atoms with Gasteiger partial charge in [-0.3, -0.25) is 9.69 Å². The van der Waals surface area contributed by atoms with E-state index in [0.29, 0.717) is 0 Å². The van der Waals surface area contributed by atoms with E-state index in [-0.39, 0.29) is 24.0 Å². The number of rotatable bonds is 3. The van der Waals surface area contributed by atoms with E-state index in [1.54, 1.807) is 29.4 Å². The predicted octanol–water partition coefficient (Wildman–Crippen LogP) is 3.79. The van der Waals surface area contributed by atoms with Gasteiger partial charge in [0.2, 0.25) is 0 Å². The van der Waals surface area contributed by atoms with Crippen LogP contribution < -0.4 is 0 Å². The largest absolute Gasteiger partial charge is 0.327 e. The minimum Gasteiger partial charge on any atom is -0.322 e. The molecule has 23 heavy (non-hydrogen) atoms. The molecule has 2 heterocycles. The first-order valence-corrected chi connectivity index (χ1v) is 8.34. The summed E-state index contributed by atoms with van der Waals surface area (Å²) in [4.78, 5) is 29.1. The Hall–Kier alpha value is -2.40. The van der Waals surface area contributed by atoms with Crippen LogP contribution in [0.2, 0.25) is 0 Å². The molecule has 2 atom stereocenters. The number of carbonyl (C=O) groups excluding carboxylic acids is 2. The van der Waals surface area contributed by atoms with Crippen molar-refractivity contribution < 1.29 is 9.59 Å². The van der Waals surface area contributed by atoms with E-state index in [1.165, 1.54) is 11.0 Å². The molecule has 1 saturated heterocycles. The molecule has 5 heteroatoms. The molecule has 1 aromatic carbocycles. The van der Waals surface area contributed by atoms with Crippen LogP contribution in [0.4, 0.5) is 4.79 Å². The van der Waals surface area contributed by atoms with Crippen molar-refractivity contribution in [3.63, 3.8) is 0 Å². The van der Waals surface area contributed by atoms with E-state index in [0.717, 1.165) is 10.4 Å². The maximum atomic E-state index is 12.6. The van der Waals surface area contributed by atoms with E-state index < -0.39 is 0 Å². The number of urea groups is 1. The smallest absolute Gasteiger partial charge is 0.322 e. The van der Waals surface area contributed by atoms with Crippen molar-refractivity contribution in [1.29, 1.82) is 0 Å². The van der Waals surface area contributed by atoms with Crippen molar-refractivity contribution in [3.8, 4) is 0 Å². The van der Waals surface area contributed by atoms with Crippen LogP contribution in [-0.4, -0.2) is 34.8 Å². The fraction of sp³-hybridized carbons (Fsp3) is 0.222. The van der Waals surface area contributed by atoms with Crippen molar-refractivity contribution in [2.24, 2.45) is 0 Å². The molecule has 0 aliphatic carbocycles. The number of benzene rings is 1. The number of hydrogen-bond donors (Lipinski definition) is 0. The number of amides is 3. The molecule has 0 radical (unpaired) electrons. The van der Waals surface area contributed by atoms with Gasteiger partial charge in [-0.1, -0.05) is 36.4 Å². The van der Waals surface area contributed by atoms with Crippen molar-refractivity contribution in [3.05, 3.63) is 64.4 Å².